The van der Waals surface area contributed by atoms with Gasteiger partial charge in [0.15, 0.2) is 5.65 Å². The van der Waals surface area contributed by atoms with Crippen LogP contribution in [-0.4, -0.2) is 24.7 Å². The highest BCUT2D eigenvalue weighted by Crippen LogP contribution is 2.21. The van der Waals surface area contributed by atoms with Crippen molar-refractivity contribution in [3.63, 3.8) is 0 Å². The van der Waals surface area contributed by atoms with Crippen LogP contribution in [0.15, 0.2) is 36.7 Å². The van der Waals surface area contributed by atoms with Crippen LogP contribution in [0.5, 0.6) is 0 Å². The summed E-state index contributed by atoms with van der Waals surface area (Å²) in [5.41, 5.74) is 5.91. The topological polar surface area (TPSA) is 56.5 Å². The molecule has 0 atom stereocenters. The summed E-state index contributed by atoms with van der Waals surface area (Å²) in [5.74, 6) is 0. The van der Waals surface area contributed by atoms with Gasteiger partial charge in [0, 0.05) is 33.9 Å². The molecule has 0 saturated heterocycles. The van der Waals surface area contributed by atoms with E-state index in [2.05, 4.69) is 32.2 Å². The Bertz CT molecular complexity index is 1030. The summed E-state index contributed by atoms with van der Waals surface area (Å²) in [6.07, 6.45) is 3.69. The third-order valence-corrected chi connectivity index (χ3v) is 4.08. The molecule has 4 aromatic heterocycles. The van der Waals surface area contributed by atoms with E-state index in [1.165, 1.54) is 0 Å². The van der Waals surface area contributed by atoms with E-state index in [9.17, 15) is 0 Å². The average Bonchev–Trinajstić information content (AvgIpc) is 2.83. The van der Waals surface area contributed by atoms with Crippen LogP contribution in [0.3, 0.4) is 0 Å². The maximum Gasteiger partial charge on any atom is 0.158 e. The van der Waals surface area contributed by atoms with E-state index in [0.717, 1.165) is 44.6 Å². The Hall–Kier alpha value is -2.82. The fraction of sp³-hybridized carbons (Fsp3) is 0.222. The van der Waals surface area contributed by atoms with Crippen molar-refractivity contribution in [1.82, 2.24) is 24.7 Å². The highest BCUT2D eigenvalue weighted by molar-refractivity contribution is 5.82. The van der Waals surface area contributed by atoms with Gasteiger partial charge < -0.3 is 0 Å². The Labute approximate surface area is 134 Å². The first kappa shape index (κ1) is 13.8. The molecule has 0 spiro atoms. The second-order valence-corrected chi connectivity index (χ2v) is 5.88. The van der Waals surface area contributed by atoms with Gasteiger partial charge in [0.05, 0.1) is 24.0 Å². The normalized spacial score (nSPS) is 11.4. The second-order valence-electron chi connectivity index (χ2n) is 5.88. The van der Waals surface area contributed by atoms with Crippen molar-refractivity contribution in [2.45, 2.75) is 27.3 Å². The molecule has 0 radical (unpaired) electrons. The predicted octanol–water partition coefficient (Wildman–Crippen LogP) is 3.35. The van der Waals surface area contributed by atoms with E-state index in [-0.39, 0.29) is 0 Å². The van der Waals surface area contributed by atoms with E-state index in [4.69, 9.17) is 0 Å². The quantitative estimate of drug-likeness (QED) is 0.570. The number of hydrogen-bond acceptors (Lipinski definition) is 4. The van der Waals surface area contributed by atoms with E-state index in [1.807, 2.05) is 43.8 Å². The number of nitrogens with zero attached hydrogens (tertiary/aromatic N) is 5. The van der Waals surface area contributed by atoms with Gasteiger partial charge in [-0.3, -0.25) is 9.97 Å². The summed E-state index contributed by atoms with van der Waals surface area (Å²) in [7, 11) is 0. The molecular weight excluding hydrogens is 286 g/mol. The molecule has 4 aromatic rings. The highest BCUT2D eigenvalue weighted by atomic mass is 15.3. The highest BCUT2D eigenvalue weighted by Gasteiger charge is 2.11. The summed E-state index contributed by atoms with van der Waals surface area (Å²) in [6.45, 7) is 6.64. The molecule has 114 valence electrons. The molecule has 0 fully saturated rings. The molecule has 0 aliphatic rings. The standard InChI is InChI=1S/C18H17N5/c1-11-5-7-16-14(8-19-9-17(16)20-11)10-23-18-15(13(3)22-23)6-4-12(2)21-18/h4-9H,10H2,1-3H3. The molecule has 0 saturated carbocycles. The molecular formula is C18H17N5. The minimum atomic E-state index is 0.635. The zero-order valence-electron chi connectivity index (χ0n) is 13.4. The minimum absolute atomic E-state index is 0.635. The number of pyridine rings is 3. The van der Waals surface area contributed by atoms with Gasteiger partial charge in [0.1, 0.15) is 0 Å². The maximum atomic E-state index is 4.66. The third kappa shape index (κ3) is 2.34. The number of aryl methyl sites for hydroxylation is 3. The van der Waals surface area contributed by atoms with Crippen LogP contribution in [0, 0.1) is 20.8 Å². The van der Waals surface area contributed by atoms with Crippen LogP contribution in [0.4, 0.5) is 0 Å². The summed E-state index contributed by atoms with van der Waals surface area (Å²) in [5, 5.41) is 6.86. The van der Waals surface area contributed by atoms with Crippen molar-refractivity contribution in [3.8, 4) is 0 Å². The summed E-state index contributed by atoms with van der Waals surface area (Å²) < 4.78 is 1.95. The fourth-order valence-electron chi connectivity index (χ4n) is 2.92. The monoisotopic (exact) mass is 303 g/mol. The number of rotatable bonds is 2. The van der Waals surface area contributed by atoms with Crippen LogP contribution in [0.1, 0.15) is 22.6 Å². The Balaban J connectivity index is 1.87. The molecule has 0 aliphatic carbocycles. The van der Waals surface area contributed by atoms with E-state index in [1.54, 1.807) is 6.20 Å². The van der Waals surface area contributed by atoms with Crippen LogP contribution >= 0.6 is 0 Å². The molecule has 0 bridgehead atoms. The average molecular weight is 303 g/mol. The predicted molar refractivity (Wildman–Crippen MR) is 90.4 cm³/mol. The Kier molecular flexibility index (Phi) is 3.08. The summed E-state index contributed by atoms with van der Waals surface area (Å²) in [4.78, 5) is 13.5. The van der Waals surface area contributed by atoms with E-state index in [0.29, 0.717) is 6.54 Å². The van der Waals surface area contributed by atoms with Crippen LogP contribution < -0.4 is 0 Å². The van der Waals surface area contributed by atoms with Crippen molar-refractivity contribution >= 4 is 21.9 Å². The summed E-state index contributed by atoms with van der Waals surface area (Å²) >= 11 is 0. The van der Waals surface area contributed by atoms with E-state index >= 15 is 0 Å². The van der Waals surface area contributed by atoms with Crippen molar-refractivity contribution in [1.29, 1.82) is 0 Å². The van der Waals surface area contributed by atoms with Gasteiger partial charge in [-0.1, -0.05) is 6.07 Å². The largest absolute Gasteiger partial charge is 0.262 e. The zero-order chi connectivity index (χ0) is 16.0. The van der Waals surface area contributed by atoms with Crippen molar-refractivity contribution < 1.29 is 0 Å². The van der Waals surface area contributed by atoms with Gasteiger partial charge in [-0.2, -0.15) is 5.10 Å². The molecule has 4 heterocycles. The Morgan fingerprint density at radius 2 is 1.61 bits per heavy atom. The van der Waals surface area contributed by atoms with Gasteiger partial charge in [-0.25, -0.2) is 9.67 Å². The smallest absolute Gasteiger partial charge is 0.158 e. The SMILES string of the molecule is Cc1ccc2c(Cn3nc(C)c4ccc(C)nc43)cncc2n1. The lowest BCUT2D eigenvalue weighted by Crippen LogP contribution is -2.04. The van der Waals surface area contributed by atoms with E-state index < -0.39 is 0 Å². The molecule has 0 N–H and O–H groups in total. The lowest BCUT2D eigenvalue weighted by Gasteiger charge is -2.07. The third-order valence-electron chi connectivity index (χ3n) is 4.08. The molecule has 0 unspecified atom stereocenters. The lowest BCUT2D eigenvalue weighted by atomic mass is 10.1. The molecule has 4 rings (SSSR count). The second kappa shape index (κ2) is 5.12. The first-order valence-electron chi connectivity index (χ1n) is 7.63. The number of fused-ring (bicyclic) bond motifs is 2. The maximum absolute atomic E-state index is 4.66. The number of aromatic nitrogens is 5. The molecule has 0 aliphatic heterocycles. The zero-order valence-corrected chi connectivity index (χ0v) is 13.4. The van der Waals surface area contributed by atoms with Gasteiger partial charge in [-0.15, -0.1) is 0 Å². The molecule has 5 heteroatoms. The van der Waals surface area contributed by atoms with Crippen LogP contribution in [0.2, 0.25) is 0 Å². The van der Waals surface area contributed by atoms with Crippen molar-refractivity contribution in [2.24, 2.45) is 0 Å². The van der Waals surface area contributed by atoms with Crippen LogP contribution in [0.25, 0.3) is 21.9 Å². The molecule has 0 amide bonds. The first-order chi connectivity index (χ1) is 11.1. The Morgan fingerprint density at radius 1 is 0.870 bits per heavy atom. The van der Waals surface area contributed by atoms with Gasteiger partial charge >= 0.3 is 0 Å². The fourth-order valence-corrected chi connectivity index (χ4v) is 2.92. The summed E-state index contributed by atoms with van der Waals surface area (Å²) in [6, 6.07) is 8.24. The molecule has 5 nitrogen and oxygen atoms in total. The lowest BCUT2D eigenvalue weighted by molar-refractivity contribution is 0.696. The first-order valence-corrected chi connectivity index (χ1v) is 7.63. The minimum Gasteiger partial charge on any atom is -0.262 e. The van der Waals surface area contributed by atoms with Crippen LogP contribution in [-0.2, 0) is 6.54 Å². The van der Waals surface area contributed by atoms with Crippen molar-refractivity contribution in [2.75, 3.05) is 0 Å². The van der Waals surface area contributed by atoms with Crippen molar-refractivity contribution in [3.05, 3.63) is 59.3 Å². The molecule has 23 heavy (non-hydrogen) atoms. The Morgan fingerprint density at radius 3 is 2.43 bits per heavy atom. The molecule has 0 aromatic carbocycles. The number of hydrogen-bond donors (Lipinski definition) is 0. The van der Waals surface area contributed by atoms with Gasteiger partial charge in [-0.05, 0) is 39.0 Å². The van der Waals surface area contributed by atoms with Gasteiger partial charge in [0.25, 0.3) is 0 Å². The van der Waals surface area contributed by atoms with Gasteiger partial charge in [0.2, 0.25) is 0 Å².